The zero-order valence-electron chi connectivity index (χ0n) is 15.3. The van der Waals surface area contributed by atoms with Gasteiger partial charge in [0.1, 0.15) is 4.90 Å². The standard InChI is InChI=1S/C16H13F3N6O4S2/c17-16(18,19)8-5-4-6(10(12(8)31(20,28)29)13-22-24-25-23-13)7-2-1-3-9-11(7)21-14(30-9)15(26)27/h4-5,7H,1-3H2,(H,26,27)(H2,20,28,29)(H,22,23,24,25). The second-order valence-electron chi connectivity index (χ2n) is 6.76. The summed E-state index contributed by atoms with van der Waals surface area (Å²) in [5.74, 6) is -2.29. The number of nitrogens with two attached hydrogens (primary N) is 1. The lowest BCUT2D eigenvalue weighted by Crippen LogP contribution is -2.22. The average molecular weight is 474 g/mol. The highest BCUT2D eigenvalue weighted by molar-refractivity contribution is 7.89. The number of carbonyl (C=O) groups is 1. The molecule has 3 aromatic rings. The number of nitrogens with zero attached hydrogens (tertiary/aromatic N) is 4. The highest BCUT2D eigenvalue weighted by Gasteiger charge is 2.41. The fourth-order valence-electron chi connectivity index (χ4n) is 3.72. The van der Waals surface area contributed by atoms with Crippen molar-refractivity contribution in [3.63, 3.8) is 0 Å². The number of sulfonamides is 1. The average Bonchev–Trinajstić information content (AvgIpc) is 3.34. The van der Waals surface area contributed by atoms with E-state index in [-0.39, 0.29) is 16.4 Å². The predicted octanol–water partition coefficient (Wildman–Crippen LogP) is 2.16. The Morgan fingerprint density at radius 3 is 2.65 bits per heavy atom. The summed E-state index contributed by atoms with van der Waals surface area (Å²) in [5, 5.41) is 27.1. The number of rotatable bonds is 4. The molecule has 0 amide bonds. The van der Waals surface area contributed by atoms with E-state index in [9.17, 15) is 31.5 Å². The summed E-state index contributed by atoms with van der Waals surface area (Å²) in [6.07, 6.45) is -3.48. The second-order valence-corrected chi connectivity index (χ2v) is 9.34. The van der Waals surface area contributed by atoms with Crippen molar-refractivity contribution >= 4 is 27.3 Å². The Morgan fingerprint density at radius 1 is 1.32 bits per heavy atom. The van der Waals surface area contributed by atoms with Crippen molar-refractivity contribution in [1.82, 2.24) is 25.6 Å². The van der Waals surface area contributed by atoms with Gasteiger partial charge in [-0.1, -0.05) is 6.07 Å². The van der Waals surface area contributed by atoms with Gasteiger partial charge in [-0.15, -0.1) is 21.5 Å². The van der Waals surface area contributed by atoms with E-state index in [2.05, 4.69) is 25.6 Å². The molecule has 1 aromatic carbocycles. The number of hydrogen-bond donors (Lipinski definition) is 3. The minimum Gasteiger partial charge on any atom is -0.476 e. The van der Waals surface area contributed by atoms with Crippen LogP contribution in [0.15, 0.2) is 17.0 Å². The van der Waals surface area contributed by atoms with Crippen LogP contribution in [0, 0.1) is 0 Å². The molecule has 4 N–H and O–H groups in total. The number of nitrogens with one attached hydrogen (secondary N) is 1. The third-order valence-electron chi connectivity index (χ3n) is 4.86. The van der Waals surface area contributed by atoms with Crippen LogP contribution < -0.4 is 5.14 Å². The van der Waals surface area contributed by atoms with Crippen molar-refractivity contribution in [1.29, 1.82) is 0 Å². The molecule has 10 nitrogen and oxygen atoms in total. The lowest BCUT2D eigenvalue weighted by Gasteiger charge is -2.25. The summed E-state index contributed by atoms with van der Waals surface area (Å²) in [6.45, 7) is 0. The fraction of sp³-hybridized carbons (Fsp3) is 0.312. The maximum absolute atomic E-state index is 13.6. The molecule has 1 aliphatic rings. The molecule has 0 saturated carbocycles. The fourth-order valence-corrected chi connectivity index (χ4v) is 5.71. The van der Waals surface area contributed by atoms with Gasteiger partial charge in [0.2, 0.25) is 20.9 Å². The first-order valence-corrected chi connectivity index (χ1v) is 11.1. The lowest BCUT2D eigenvalue weighted by molar-refractivity contribution is -0.139. The molecule has 1 aliphatic carbocycles. The van der Waals surface area contributed by atoms with Gasteiger partial charge in [0.05, 0.1) is 11.3 Å². The molecule has 0 fully saturated rings. The summed E-state index contributed by atoms with van der Waals surface area (Å²) in [4.78, 5) is 15.0. The zero-order chi connectivity index (χ0) is 22.6. The number of aromatic amines is 1. The van der Waals surface area contributed by atoms with E-state index in [1.807, 2.05) is 0 Å². The first-order valence-electron chi connectivity index (χ1n) is 8.72. The number of thiazole rings is 1. The number of fused-ring (bicyclic) bond motifs is 1. The van der Waals surface area contributed by atoms with Crippen molar-refractivity contribution in [3.05, 3.63) is 38.8 Å². The molecule has 4 rings (SSSR count). The van der Waals surface area contributed by atoms with Crippen LogP contribution in [0.3, 0.4) is 0 Å². The van der Waals surface area contributed by atoms with Gasteiger partial charge in [-0.3, -0.25) is 0 Å². The van der Waals surface area contributed by atoms with Crippen LogP contribution in [0.1, 0.15) is 50.3 Å². The Bertz CT molecular complexity index is 1270. The Hall–Kier alpha value is -2.91. The van der Waals surface area contributed by atoms with Crippen LogP contribution in [0.2, 0.25) is 0 Å². The lowest BCUT2D eigenvalue weighted by atomic mass is 9.82. The van der Waals surface area contributed by atoms with Crippen LogP contribution in [0.4, 0.5) is 13.2 Å². The van der Waals surface area contributed by atoms with Crippen LogP contribution >= 0.6 is 11.3 Å². The first-order chi connectivity index (χ1) is 14.5. The number of hydrogen-bond acceptors (Lipinski definition) is 8. The molecule has 0 saturated heterocycles. The van der Waals surface area contributed by atoms with Crippen LogP contribution in [-0.4, -0.2) is 45.1 Å². The number of alkyl halides is 3. The third kappa shape index (κ3) is 3.79. The van der Waals surface area contributed by atoms with E-state index in [1.54, 1.807) is 0 Å². The molecular formula is C16H13F3N6O4S2. The maximum Gasteiger partial charge on any atom is 0.417 e. The number of aromatic nitrogens is 5. The van der Waals surface area contributed by atoms with Gasteiger partial charge in [0.15, 0.2) is 0 Å². The molecule has 2 heterocycles. The summed E-state index contributed by atoms with van der Waals surface area (Å²) in [5.41, 5.74) is -1.38. The number of carboxylic acid groups (broad SMARTS) is 1. The first kappa shape index (κ1) is 21.3. The van der Waals surface area contributed by atoms with E-state index < -0.39 is 44.1 Å². The third-order valence-corrected chi connectivity index (χ3v) is 6.97. The maximum atomic E-state index is 13.6. The van der Waals surface area contributed by atoms with E-state index in [0.29, 0.717) is 35.9 Å². The Morgan fingerprint density at radius 2 is 2.06 bits per heavy atom. The smallest absolute Gasteiger partial charge is 0.417 e. The SMILES string of the molecule is NS(=O)(=O)c1c(C(F)(F)F)ccc(C2CCCc3sc(C(=O)O)nc32)c1-c1nn[nH]n1. The minimum absolute atomic E-state index is 0.140. The molecule has 0 aliphatic heterocycles. The molecule has 31 heavy (non-hydrogen) atoms. The second kappa shape index (κ2) is 7.35. The van der Waals surface area contributed by atoms with Gasteiger partial charge in [0, 0.05) is 16.4 Å². The highest BCUT2D eigenvalue weighted by atomic mass is 32.2. The zero-order valence-corrected chi connectivity index (χ0v) is 17.0. The van der Waals surface area contributed by atoms with Gasteiger partial charge in [-0.2, -0.15) is 18.4 Å². The normalized spacial score (nSPS) is 16.8. The summed E-state index contributed by atoms with van der Waals surface area (Å²) < 4.78 is 65.5. The minimum atomic E-state index is -5.02. The number of primary sulfonamides is 1. The topological polar surface area (TPSA) is 165 Å². The van der Waals surface area contributed by atoms with E-state index in [0.717, 1.165) is 17.4 Å². The molecular weight excluding hydrogens is 461 g/mol. The molecule has 0 spiro atoms. The van der Waals surface area contributed by atoms with Gasteiger partial charge < -0.3 is 5.11 Å². The number of tetrazole rings is 1. The number of halogens is 3. The molecule has 164 valence electrons. The van der Waals surface area contributed by atoms with E-state index >= 15 is 0 Å². The van der Waals surface area contributed by atoms with Crippen molar-refractivity contribution in [2.45, 2.75) is 36.3 Å². The summed E-state index contributed by atoms with van der Waals surface area (Å²) in [7, 11) is -4.87. The largest absolute Gasteiger partial charge is 0.476 e. The van der Waals surface area contributed by atoms with Crippen LogP contribution in [0.25, 0.3) is 11.4 Å². The molecule has 1 atom stereocenters. The number of benzene rings is 1. The van der Waals surface area contributed by atoms with Crippen LogP contribution in [-0.2, 0) is 22.6 Å². The molecule has 2 aromatic heterocycles. The van der Waals surface area contributed by atoms with Crippen molar-refractivity contribution in [3.8, 4) is 11.4 Å². The van der Waals surface area contributed by atoms with Crippen molar-refractivity contribution in [2.24, 2.45) is 5.14 Å². The Balaban J connectivity index is 2.05. The number of H-pyrrole nitrogens is 1. The summed E-state index contributed by atoms with van der Waals surface area (Å²) >= 11 is 0.979. The summed E-state index contributed by atoms with van der Waals surface area (Å²) in [6, 6.07) is 1.76. The van der Waals surface area contributed by atoms with E-state index in [1.165, 1.54) is 0 Å². The van der Waals surface area contributed by atoms with Crippen molar-refractivity contribution < 1.29 is 31.5 Å². The molecule has 0 bridgehead atoms. The molecule has 0 radical (unpaired) electrons. The van der Waals surface area contributed by atoms with Gasteiger partial charge in [0.25, 0.3) is 0 Å². The number of carboxylic acids is 1. The Kier molecular flexibility index (Phi) is 5.06. The van der Waals surface area contributed by atoms with Crippen molar-refractivity contribution in [2.75, 3.05) is 0 Å². The Labute approximate surface area is 176 Å². The van der Waals surface area contributed by atoms with E-state index in [4.69, 9.17) is 5.14 Å². The number of aryl methyl sites for hydroxylation is 1. The number of aromatic carboxylic acids is 1. The quantitative estimate of drug-likeness (QED) is 0.517. The van der Waals surface area contributed by atoms with Gasteiger partial charge in [-0.05, 0) is 36.1 Å². The van der Waals surface area contributed by atoms with Gasteiger partial charge >= 0.3 is 12.1 Å². The molecule has 15 heteroatoms. The van der Waals surface area contributed by atoms with Crippen LogP contribution in [0.5, 0.6) is 0 Å². The predicted molar refractivity (Wildman–Crippen MR) is 99.8 cm³/mol. The monoisotopic (exact) mass is 474 g/mol. The highest BCUT2D eigenvalue weighted by Crippen LogP contribution is 2.46. The van der Waals surface area contributed by atoms with Gasteiger partial charge in [-0.25, -0.2) is 23.3 Å². The molecule has 1 unspecified atom stereocenters.